The molecular formula is C18H28Br2. The molecule has 1 aromatic rings. The lowest BCUT2D eigenvalue weighted by Gasteiger charge is -2.15. The summed E-state index contributed by atoms with van der Waals surface area (Å²) in [7, 11) is 0. The lowest BCUT2D eigenvalue weighted by molar-refractivity contribution is 0.487. The quantitative estimate of drug-likeness (QED) is 0.272. The smallest absolute Gasteiger partial charge is 0.0207 e. The molecule has 0 N–H and O–H groups in total. The minimum Gasteiger partial charge on any atom is -0.0925 e. The van der Waals surface area contributed by atoms with Crippen LogP contribution in [0.2, 0.25) is 0 Å². The Morgan fingerprint density at radius 1 is 0.950 bits per heavy atom. The van der Waals surface area contributed by atoms with Gasteiger partial charge in [-0.2, -0.15) is 0 Å². The molecule has 1 unspecified atom stereocenters. The number of unbranched alkanes of at least 4 members (excludes halogenated alkanes) is 6. The van der Waals surface area contributed by atoms with Gasteiger partial charge in [0.1, 0.15) is 0 Å². The Kier molecular flexibility index (Phi) is 10.8. The van der Waals surface area contributed by atoms with E-state index in [1.54, 1.807) is 0 Å². The van der Waals surface area contributed by atoms with E-state index in [1.165, 1.54) is 67.8 Å². The average Bonchev–Trinajstić information content (AvgIpc) is 2.47. The van der Waals surface area contributed by atoms with Crippen molar-refractivity contribution in [2.75, 3.05) is 5.33 Å². The fourth-order valence-electron chi connectivity index (χ4n) is 2.60. The molecule has 0 aromatic heterocycles. The van der Waals surface area contributed by atoms with Crippen molar-refractivity contribution in [1.82, 2.24) is 0 Å². The van der Waals surface area contributed by atoms with Gasteiger partial charge in [-0.3, -0.25) is 0 Å². The predicted molar refractivity (Wildman–Crippen MR) is 97.7 cm³/mol. The highest BCUT2D eigenvalue weighted by atomic mass is 79.9. The molecule has 0 bridgehead atoms. The fourth-order valence-corrected chi connectivity index (χ4v) is 3.60. The number of halogens is 2. The van der Waals surface area contributed by atoms with E-state index < -0.39 is 0 Å². The third kappa shape index (κ3) is 7.83. The van der Waals surface area contributed by atoms with Gasteiger partial charge in [0.25, 0.3) is 0 Å². The van der Waals surface area contributed by atoms with Crippen LogP contribution in [0.25, 0.3) is 0 Å². The molecule has 0 aliphatic heterocycles. The van der Waals surface area contributed by atoms with E-state index in [1.807, 2.05) is 0 Å². The first-order valence-corrected chi connectivity index (χ1v) is 9.98. The largest absolute Gasteiger partial charge is 0.0925 e. The van der Waals surface area contributed by atoms with Crippen molar-refractivity contribution < 1.29 is 0 Å². The second kappa shape index (κ2) is 11.8. The molecule has 0 aliphatic rings. The molecule has 0 spiro atoms. The first-order valence-electron chi connectivity index (χ1n) is 8.07. The van der Waals surface area contributed by atoms with Crippen LogP contribution in [0.1, 0.15) is 63.9 Å². The summed E-state index contributed by atoms with van der Waals surface area (Å²) in [6.07, 6.45) is 12.3. The lowest BCUT2D eigenvalue weighted by Crippen LogP contribution is -2.06. The van der Waals surface area contributed by atoms with Crippen LogP contribution in [0.15, 0.2) is 28.7 Å². The van der Waals surface area contributed by atoms with Crippen LogP contribution in [0.3, 0.4) is 0 Å². The zero-order valence-corrected chi connectivity index (χ0v) is 15.9. The second-order valence-electron chi connectivity index (χ2n) is 5.73. The summed E-state index contributed by atoms with van der Waals surface area (Å²) >= 11 is 7.34. The van der Waals surface area contributed by atoms with Gasteiger partial charge in [-0.1, -0.05) is 102 Å². The number of rotatable bonds is 11. The molecule has 114 valence electrons. The lowest BCUT2D eigenvalue weighted by atomic mass is 9.95. The number of hydrogen-bond donors (Lipinski definition) is 0. The van der Waals surface area contributed by atoms with E-state index in [0.29, 0.717) is 0 Å². The summed E-state index contributed by atoms with van der Waals surface area (Å²) < 4.78 is 1.26. The average molecular weight is 404 g/mol. The van der Waals surface area contributed by atoms with Crippen LogP contribution in [-0.2, 0) is 6.42 Å². The summed E-state index contributed by atoms with van der Waals surface area (Å²) in [5.41, 5.74) is 1.44. The van der Waals surface area contributed by atoms with Crippen molar-refractivity contribution in [3.05, 3.63) is 34.3 Å². The highest BCUT2D eigenvalue weighted by Crippen LogP contribution is 2.23. The summed E-state index contributed by atoms with van der Waals surface area (Å²) in [5.74, 6) is 0.768. The first-order chi connectivity index (χ1) is 9.77. The highest BCUT2D eigenvalue weighted by Gasteiger charge is 2.10. The number of alkyl halides is 1. The van der Waals surface area contributed by atoms with Gasteiger partial charge in [-0.15, -0.1) is 0 Å². The maximum atomic E-state index is 3.69. The van der Waals surface area contributed by atoms with Crippen molar-refractivity contribution in [3.8, 4) is 0 Å². The molecule has 0 amide bonds. The van der Waals surface area contributed by atoms with Gasteiger partial charge < -0.3 is 0 Å². The third-order valence-corrected chi connectivity index (χ3v) is 5.59. The Morgan fingerprint density at radius 3 is 2.25 bits per heavy atom. The van der Waals surface area contributed by atoms with Crippen LogP contribution >= 0.6 is 31.9 Å². The van der Waals surface area contributed by atoms with Crippen molar-refractivity contribution in [2.24, 2.45) is 5.92 Å². The zero-order chi connectivity index (χ0) is 14.6. The molecule has 0 radical (unpaired) electrons. The first kappa shape index (κ1) is 18.2. The van der Waals surface area contributed by atoms with Gasteiger partial charge in [0, 0.05) is 9.80 Å². The van der Waals surface area contributed by atoms with E-state index in [4.69, 9.17) is 0 Å². The minimum atomic E-state index is 0.768. The molecule has 0 aliphatic carbocycles. The molecule has 0 saturated heterocycles. The molecule has 1 aromatic carbocycles. The second-order valence-corrected chi connectivity index (χ2v) is 7.23. The predicted octanol–water partition coefficient (Wildman–Crippen LogP) is 7.14. The van der Waals surface area contributed by atoms with Crippen LogP contribution in [0.5, 0.6) is 0 Å². The summed E-state index contributed by atoms with van der Waals surface area (Å²) in [6, 6.07) is 8.62. The monoisotopic (exact) mass is 402 g/mol. The third-order valence-electron chi connectivity index (χ3n) is 3.90. The summed E-state index contributed by atoms with van der Waals surface area (Å²) in [5, 5.41) is 1.12. The molecule has 0 nitrogen and oxygen atoms in total. The molecular weight excluding hydrogens is 376 g/mol. The van der Waals surface area contributed by atoms with Crippen molar-refractivity contribution in [1.29, 1.82) is 0 Å². The van der Waals surface area contributed by atoms with E-state index in [9.17, 15) is 0 Å². The van der Waals surface area contributed by atoms with Gasteiger partial charge in [0.2, 0.25) is 0 Å². The molecule has 0 fully saturated rings. The van der Waals surface area contributed by atoms with Gasteiger partial charge in [-0.25, -0.2) is 0 Å². The van der Waals surface area contributed by atoms with Gasteiger partial charge in [0.15, 0.2) is 0 Å². The van der Waals surface area contributed by atoms with Crippen LogP contribution < -0.4 is 0 Å². The molecule has 0 heterocycles. The Hall–Kier alpha value is 0.180. The molecule has 2 heteroatoms. The molecule has 20 heavy (non-hydrogen) atoms. The number of hydrogen-bond acceptors (Lipinski definition) is 0. The maximum absolute atomic E-state index is 3.69. The van der Waals surface area contributed by atoms with Crippen LogP contribution in [0.4, 0.5) is 0 Å². The Balaban J connectivity index is 2.18. The maximum Gasteiger partial charge on any atom is 0.0207 e. The SMILES string of the molecule is CCCCCCCCCC(CBr)Cc1ccccc1Br. The Bertz CT molecular complexity index is 349. The van der Waals surface area contributed by atoms with Crippen molar-refractivity contribution in [3.63, 3.8) is 0 Å². The normalized spacial score (nSPS) is 12.6. The van der Waals surface area contributed by atoms with Crippen molar-refractivity contribution >= 4 is 31.9 Å². The van der Waals surface area contributed by atoms with Crippen LogP contribution in [-0.4, -0.2) is 5.33 Å². The van der Waals surface area contributed by atoms with Crippen LogP contribution in [0, 0.1) is 5.92 Å². The standard InChI is InChI=1S/C18H28Br2/c1-2-3-4-5-6-7-8-11-16(15-19)14-17-12-9-10-13-18(17)20/h9-10,12-13,16H,2-8,11,14-15H2,1H3. The minimum absolute atomic E-state index is 0.768. The van der Waals surface area contributed by atoms with Crippen molar-refractivity contribution in [2.45, 2.75) is 64.7 Å². The van der Waals surface area contributed by atoms with Gasteiger partial charge in [-0.05, 0) is 30.4 Å². The van der Waals surface area contributed by atoms with E-state index in [0.717, 1.165) is 11.2 Å². The van der Waals surface area contributed by atoms with E-state index in [2.05, 4.69) is 63.0 Å². The molecule has 1 atom stereocenters. The topological polar surface area (TPSA) is 0 Å². The Labute approximate surface area is 142 Å². The van der Waals surface area contributed by atoms with Gasteiger partial charge >= 0.3 is 0 Å². The zero-order valence-electron chi connectivity index (χ0n) is 12.7. The van der Waals surface area contributed by atoms with Gasteiger partial charge in [0.05, 0.1) is 0 Å². The summed E-state index contributed by atoms with van der Waals surface area (Å²) in [6.45, 7) is 2.28. The van der Waals surface area contributed by atoms with E-state index >= 15 is 0 Å². The Morgan fingerprint density at radius 2 is 1.60 bits per heavy atom. The number of benzene rings is 1. The fraction of sp³-hybridized carbons (Fsp3) is 0.667. The van der Waals surface area contributed by atoms with E-state index in [-0.39, 0.29) is 0 Å². The summed E-state index contributed by atoms with van der Waals surface area (Å²) in [4.78, 5) is 0. The molecule has 0 saturated carbocycles. The molecule has 1 rings (SSSR count). The highest BCUT2D eigenvalue weighted by molar-refractivity contribution is 9.10.